The summed E-state index contributed by atoms with van der Waals surface area (Å²) in [5, 5.41) is 0. The smallest absolute Gasteiger partial charge is 0.328 e. The first kappa shape index (κ1) is 15.6. The van der Waals surface area contributed by atoms with Crippen LogP contribution in [-0.2, 0) is 9.53 Å². The maximum atomic E-state index is 12.8. The number of piperidine rings is 1. The summed E-state index contributed by atoms with van der Waals surface area (Å²) < 4.78 is 16.1. The molecular formula is C17H21NO5. The zero-order valence-corrected chi connectivity index (χ0v) is 13.2. The highest BCUT2D eigenvalue weighted by Crippen LogP contribution is 2.32. The number of amides is 1. The number of ether oxygens (including phenoxy) is 3. The minimum absolute atomic E-state index is 0.167. The molecular weight excluding hydrogens is 298 g/mol. The van der Waals surface area contributed by atoms with Gasteiger partial charge < -0.3 is 19.1 Å². The van der Waals surface area contributed by atoms with Crippen molar-refractivity contribution in [1.29, 1.82) is 0 Å². The van der Waals surface area contributed by atoms with Crippen LogP contribution < -0.4 is 9.47 Å². The molecule has 1 aromatic carbocycles. The minimum Gasteiger partial charge on any atom is -0.486 e. The Morgan fingerprint density at radius 2 is 2.00 bits per heavy atom. The number of carbonyl (C=O) groups is 2. The van der Waals surface area contributed by atoms with Gasteiger partial charge in [-0.05, 0) is 44.4 Å². The van der Waals surface area contributed by atoms with E-state index in [0.29, 0.717) is 49.8 Å². The van der Waals surface area contributed by atoms with Gasteiger partial charge in [-0.1, -0.05) is 0 Å². The molecule has 1 amide bonds. The molecule has 1 atom stereocenters. The summed E-state index contributed by atoms with van der Waals surface area (Å²) in [6.45, 7) is 3.64. The van der Waals surface area contributed by atoms with Gasteiger partial charge in [-0.15, -0.1) is 0 Å². The summed E-state index contributed by atoms with van der Waals surface area (Å²) in [4.78, 5) is 26.6. The van der Waals surface area contributed by atoms with Gasteiger partial charge >= 0.3 is 5.97 Å². The van der Waals surface area contributed by atoms with E-state index in [-0.39, 0.29) is 11.9 Å². The molecule has 0 bridgehead atoms. The van der Waals surface area contributed by atoms with Gasteiger partial charge in [-0.25, -0.2) is 4.79 Å². The molecule has 1 saturated heterocycles. The lowest BCUT2D eigenvalue weighted by molar-refractivity contribution is -0.149. The van der Waals surface area contributed by atoms with Crippen LogP contribution in [0, 0.1) is 0 Å². The van der Waals surface area contributed by atoms with Crippen LogP contribution in [0.1, 0.15) is 36.5 Å². The zero-order valence-electron chi connectivity index (χ0n) is 13.2. The Balaban J connectivity index is 1.81. The van der Waals surface area contributed by atoms with Gasteiger partial charge in [-0.3, -0.25) is 4.79 Å². The second-order valence-corrected chi connectivity index (χ2v) is 5.62. The number of fused-ring (bicyclic) bond motifs is 1. The van der Waals surface area contributed by atoms with Crippen molar-refractivity contribution < 1.29 is 23.8 Å². The number of nitrogens with zero attached hydrogens (tertiary/aromatic N) is 1. The summed E-state index contributed by atoms with van der Waals surface area (Å²) in [6, 6.07) is 4.65. The van der Waals surface area contributed by atoms with Crippen molar-refractivity contribution >= 4 is 11.9 Å². The van der Waals surface area contributed by atoms with Crippen molar-refractivity contribution in [3.8, 4) is 11.5 Å². The largest absolute Gasteiger partial charge is 0.486 e. The van der Waals surface area contributed by atoms with Crippen LogP contribution in [0.4, 0.5) is 0 Å². The molecule has 1 fully saturated rings. The lowest BCUT2D eigenvalue weighted by Crippen LogP contribution is -2.48. The monoisotopic (exact) mass is 319 g/mol. The summed E-state index contributed by atoms with van der Waals surface area (Å²) in [5.74, 6) is 0.734. The predicted octanol–water partition coefficient (Wildman–Crippen LogP) is 2.02. The summed E-state index contributed by atoms with van der Waals surface area (Å²) >= 11 is 0. The number of carbonyl (C=O) groups excluding carboxylic acids is 2. The van der Waals surface area contributed by atoms with Crippen LogP contribution in [0.2, 0.25) is 0 Å². The molecule has 0 aromatic heterocycles. The first-order chi connectivity index (χ1) is 11.2. The van der Waals surface area contributed by atoms with Gasteiger partial charge in [-0.2, -0.15) is 0 Å². The Hall–Kier alpha value is -2.24. The molecule has 3 rings (SSSR count). The molecule has 1 aromatic rings. The van der Waals surface area contributed by atoms with Crippen molar-refractivity contribution in [3.63, 3.8) is 0 Å². The average Bonchev–Trinajstić information content (AvgIpc) is 2.61. The molecule has 23 heavy (non-hydrogen) atoms. The van der Waals surface area contributed by atoms with E-state index < -0.39 is 6.04 Å². The molecule has 1 unspecified atom stereocenters. The Kier molecular flexibility index (Phi) is 4.69. The van der Waals surface area contributed by atoms with Crippen molar-refractivity contribution in [2.75, 3.05) is 26.4 Å². The highest BCUT2D eigenvalue weighted by molar-refractivity contribution is 5.97. The van der Waals surface area contributed by atoms with Gasteiger partial charge in [0.15, 0.2) is 11.5 Å². The number of likely N-dealkylation sites (tertiary alicyclic amines) is 1. The average molecular weight is 319 g/mol. The molecule has 6 heteroatoms. The molecule has 2 aliphatic rings. The first-order valence-corrected chi connectivity index (χ1v) is 8.08. The zero-order chi connectivity index (χ0) is 16.2. The maximum Gasteiger partial charge on any atom is 0.328 e. The van der Waals surface area contributed by atoms with E-state index in [9.17, 15) is 9.59 Å². The van der Waals surface area contributed by atoms with E-state index in [1.165, 1.54) is 0 Å². The van der Waals surface area contributed by atoms with Gasteiger partial charge in [0.05, 0.1) is 6.61 Å². The fourth-order valence-corrected chi connectivity index (χ4v) is 3.00. The van der Waals surface area contributed by atoms with Gasteiger partial charge in [0.1, 0.15) is 19.3 Å². The lowest BCUT2D eigenvalue weighted by atomic mass is 10.0. The normalized spacial score (nSPS) is 20.0. The molecule has 6 nitrogen and oxygen atoms in total. The van der Waals surface area contributed by atoms with Crippen LogP contribution in [0.15, 0.2) is 18.2 Å². The van der Waals surface area contributed by atoms with E-state index in [2.05, 4.69) is 0 Å². The lowest BCUT2D eigenvalue weighted by Gasteiger charge is -2.34. The van der Waals surface area contributed by atoms with Crippen LogP contribution in [0.3, 0.4) is 0 Å². The van der Waals surface area contributed by atoms with E-state index in [0.717, 1.165) is 12.8 Å². The van der Waals surface area contributed by atoms with Gasteiger partial charge in [0.25, 0.3) is 5.91 Å². The molecule has 0 N–H and O–H groups in total. The Morgan fingerprint density at radius 1 is 1.22 bits per heavy atom. The highest BCUT2D eigenvalue weighted by Gasteiger charge is 2.34. The number of hydrogen-bond acceptors (Lipinski definition) is 5. The SMILES string of the molecule is CCOC(=O)C1CCCCN1C(=O)c1ccc2c(c1)OCCO2. The first-order valence-electron chi connectivity index (χ1n) is 8.08. The third-order valence-corrected chi connectivity index (χ3v) is 4.11. The summed E-state index contributed by atoms with van der Waals surface area (Å²) in [5.41, 5.74) is 0.505. The van der Waals surface area contributed by atoms with E-state index in [1.54, 1.807) is 30.0 Å². The number of rotatable bonds is 3. The van der Waals surface area contributed by atoms with Crippen molar-refractivity contribution in [3.05, 3.63) is 23.8 Å². The molecule has 124 valence electrons. The van der Waals surface area contributed by atoms with E-state index in [1.807, 2.05) is 0 Å². The van der Waals surface area contributed by atoms with E-state index in [4.69, 9.17) is 14.2 Å². The Morgan fingerprint density at radius 3 is 2.78 bits per heavy atom. The second kappa shape index (κ2) is 6.89. The summed E-state index contributed by atoms with van der Waals surface area (Å²) in [6.07, 6.45) is 2.47. The number of benzene rings is 1. The van der Waals surface area contributed by atoms with Crippen molar-refractivity contribution in [2.45, 2.75) is 32.2 Å². The predicted molar refractivity (Wildman–Crippen MR) is 82.7 cm³/mol. The molecule has 2 heterocycles. The van der Waals surface area contributed by atoms with E-state index >= 15 is 0 Å². The van der Waals surface area contributed by atoms with Crippen LogP contribution >= 0.6 is 0 Å². The number of esters is 1. The van der Waals surface area contributed by atoms with Crippen molar-refractivity contribution in [2.24, 2.45) is 0 Å². The van der Waals surface area contributed by atoms with Crippen LogP contribution in [0.5, 0.6) is 11.5 Å². The second-order valence-electron chi connectivity index (χ2n) is 5.62. The maximum absolute atomic E-state index is 12.8. The highest BCUT2D eigenvalue weighted by atomic mass is 16.6. The van der Waals surface area contributed by atoms with Crippen molar-refractivity contribution in [1.82, 2.24) is 4.90 Å². The Labute approximate surface area is 135 Å². The number of hydrogen-bond donors (Lipinski definition) is 0. The molecule has 0 saturated carbocycles. The fourth-order valence-electron chi connectivity index (χ4n) is 3.00. The Bertz CT molecular complexity index is 601. The molecule has 2 aliphatic heterocycles. The van der Waals surface area contributed by atoms with Crippen LogP contribution in [0.25, 0.3) is 0 Å². The molecule has 0 aliphatic carbocycles. The van der Waals surface area contributed by atoms with Crippen LogP contribution in [-0.4, -0.2) is 49.2 Å². The third-order valence-electron chi connectivity index (χ3n) is 4.11. The van der Waals surface area contributed by atoms with Gasteiger partial charge in [0, 0.05) is 12.1 Å². The fraction of sp³-hybridized carbons (Fsp3) is 0.529. The standard InChI is InChI=1S/C17H21NO5/c1-2-21-17(20)13-5-3-4-8-18(13)16(19)12-6-7-14-15(11-12)23-10-9-22-14/h6-7,11,13H,2-5,8-10H2,1H3. The summed E-state index contributed by atoms with van der Waals surface area (Å²) in [7, 11) is 0. The van der Waals surface area contributed by atoms with Gasteiger partial charge in [0.2, 0.25) is 0 Å². The topological polar surface area (TPSA) is 65.1 Å². The molecule has 0 spiro atoms. The minimum atomic E-state index is -0.496. The molecule has 0 radical (unpaired) electrons. The third kappa shape index (κ3) is 3.25. The quantitative estimate of drug-likeness (QED) is 0.798.